The fourth-order valence-corrected chi connectivity index (χ4v) is 2.54. The SMILES string of the molecule is Cc1nn(-c2ccccc2)c(COC(=O)c2ccc(O)cc2O)c1C#N. The molecule has 1 aromatic heterocycles. The van der Waals surface area contributed by atoms with E-state index in [1.807, 2.05) is 30.3 Å². The Kier molecular flexibility index (Phi) is 4.58. The molecule has 2 aromatic carbocycles. The van der Waals surface area contributed by atoms with Gasteiger partial charge in [-0.3, -0.25) is 0 Å². The zero-order valence-electron chi connectivity index (χ0n) is 13.9. The molecule has 7 nitrogen and oxygen atoms in total. The highest BCUT2D eigenvalue weighted by atomic mass is 16.5. The minimum absolute atomic E-state index is 0.0798. The molecule has 0 aliphatic rings. The molecule has 3 rings (SSSR count). The molecule has 0 bridgehead atoms. The molecule has 0 amide bonds. The number of phenolic OH excluding ortho intramolecular Hbond substituents is 2. The van der Waals surface area contributed by atoms with Gasteiger partial charge < -0.3 is 14.9 Å². The molecule has 1 heterocycles. The number of nitriles is 1. The molecular formula is C19H15N3O4. The number of carbonyl (C=O) groups excluding carboxylic acids is 1. The zero-order valence-corrected chi connectivity index (χ0v) is 13.9. The lowest BCUT2D eigenvalue weighted by atomic mass is 10.2. The monoisotopic (exact) mass is 349 g/mol. The van der Waals surface area contributed by atoms with Gasteiger partial charge in [0.2, 0.25) is 0 Å². The summed E-state index contributed by atoms with van der Waals surface area (Å²) in [5.41, 5.74) is 1.94. The first-order chi connectivity index (χ1) is 12.5. The first-order valence-corrected chi connectivity index (χ1v) is 7.74. The summed E-state index contributed by atoms with van der Waals surface area (Å²) in [6.45, 7) is 1.51. The molecule has 0 saturated heterocycles. The molecule has 0 saturated carbocycles. The maximum Gasteiger partial charge on any atom is 0.342 e. The van der Waals surface area contributed by atoms with E-state index in [0.717, 1.165) is 11.8 Å². The van der Waals surface area contributed by atoms with Crippen LogP contribution < -0.4 is 0 Å². The lowest BCUT2D eigenvalue weighted by Gasteiger charge is -2.10. The summed E-state index contributed by atoms with van der Waals surface area (Å²) in [4.78, 5) is 12.2. The summed E-state index contributed by atoms with van der Waals surface area (Å²) in [6.07, 6.45) is 0. The fourth-order valence-electron chi connectivity index (χ4n) is 2.54. The van der Waals surface area contributed by atoms with Crippen LogP contribution >= 0.6 is 0 Å². The number of carbonyl (C=O) groups is 1. The molecule has 130 valence electrons. The molecule has 3 aromatic rings. The Morgan fingerprint density at radius 2 is 1.96 bits per heavy atom. The Bertz CT molecular complexity index is 1000. The molecule has 0 fully saturated rings. The van der Waals surface area contributed by atoms with Crippen molar-refractivity contribution < 1.29 is 19.7 Å². The van der Waals surface area contributed by atoms with Crippen LogP contribution in [0.2, 0.25) is 0 Å². The maximum atomic E-state index is 12.2. The van der Waals surface area contributed by atoms with Crippen molar-refractivity contribution in [1.29, 1.82) is 5.26 Å². The van der Waals surface area contributed by atoms with E-state index in [9.17, 15) is 20.3 Å². The number of hydrogen-bond acceptors (Lipinski definition) is 6. The van der Waals surface area contributed by atoms with Gasteiger partial charge in [-0.1, -0.05) is 18.2 Å². The second-order valence-corrected chi connectivity index (χ2v) is 5.54. The van der Waals surface area contributed by atoms with Crippen LogP contribution in [0.15, 0.2) is 48.5 Å². The summed E-state index contributed by atoms with van der Waals surface area (Å²) in [6, 6.07) is 14.8. The second-order valence-electron chi connectivity index (χ2n) is 5.54. The average molecular weight is 349 g/mol. The van der Waals surface area contributed by atoms with Crippen LogP contribution in [0.4, 0.5) is 0 Å². The Hall–Kier alpha value is -3.79. The van der Waals surface area contributed by atoms with E-state index in [1.165, 1.54) is 12.1 Å². The summed E-state index contributed by atoms with van der Waals surface area (Å²) in [7, 11) is 0. The van der Waals surface area contributed by atoms with E-state index in [0.29, 0.717) is 17.0 Å². The quantitative estimate of drug-likeness (QED) is 0.701. The van der Waals surface area contributed by atoms with Gasteiger partial charge in [-0.2, -0.15) is 10.4 Å². The lowest BCUT2D eigenvalue weighted by Crippen LogP contribution is -2.10. The van der Waals surface area contributed by atoms with Gasteiger partial charge in [0.1, 0.15) is 35.3 Å². The van der Waals surface area contributed by atoms with Gasteiger partial charge in [-0.25, -0.2) is 9.48 Å². The Morgan fingerprint density at radius 3 is 2.62 bits per heavy atom. The van der Waals surface area contributed by atoms with Crippen molar-refractivity contribution in [3.63, 3.8) is 0 Å². The Balaban J connectivity index is 1.90. The van der Waals surface area contributed by atoms with Crippen molar-refractivity contribution in [3.05, 3.63) is 71.0 Å². The van der Waals surface area contributed by atoms with Gasteiger partial charge in [-0.15, -0.1) is 0 Å². The van der Waals surface area contributed by atoms with E-state index < -0.39 is 5.97 Å². The highest BCUT2D eigenvalue weighted by molar-refractivity contribution is 5.92. The molecule has 0 atom stereocenters. The number of nitrogens with zero attached hydrogens (tertiary/aromatic N) is 3. The summed E-state index contributed by atoms with van der Waals surface area (Å²) < 4.78 is 6.81. The number of aryl methyl sites for hydroxylation is 1. The molecule has 0 aliphatic carbocycles. The molecule has 0 aliphatic heterocycles. The van der Waals surface area contributed by atoms with Gasteiger partial charge in [0.05, 0.1) is 17.1 Å². The normalized spacial score (nSPS) is 10.3. The van der Waals surface area contributed by atoms with Gasteiger partial charge >= 0.3 is 5.97 Å². The van der Waals surface area contributed by atoms with Crippen molar-refractivity contribution in [2.24, 2.45) is 0 Å². The third-order valence-corrected chi connectivity index (χ3v) is 3.81. The maximum absolute atomic E-state index is 12.2. The van der Waals surface area contributed by atoms with Gasteiger partial charge in [0, 0.05) is 6.07 Å². The molecule has 0 radical (unpaired) electrons. The third kappa shape index (κ3) is 3.21. The van der Waals surface area contributed by atoms with E-state index >= 15 is 0 Å². The largest absolute Gasteiger partial charge is 0.508 e. The standard InChI is InChI=1S/C19H15N3O4/c1-12-16(10-20)17(22(21-12)13-5-3-2-4-6-13)11-26-19(25)15-8-7-14(23)9-18(15)24/h2-9,23-24H,11H2,1H3. The lowest BCUT2D eigenvalue weighted by molar-refractivity contribution is 0.0461. The topological polar surface area (TPSA) is 108 Å². The van der Waals surface area contributed by atoms with Crippen molar-refractivity contribution >= 4 is 5.97 Å². The predicted molar refractivity (Wildman–Crippen MR) is 91.9 cm³/mol. The predicted octanol–water partition coefficient (Wildman–Crippen LogP) is 2.82. The molecule has 0 spiro atoms. The highest BCUT2D eigenvalue weighted by Crippen LogP contribution is 2.24. The number of ether oxygens (including phenoxy) is 1. The van der Waals surface area contributed by atoms with Gasteiger partial charge in [0.25, 0.3) is 0 Å². The number of aromatic nitrogens is 2. The Labute approximate surface area is 149 Å². The minimum Gasteiger partial charge on any atom is -0.508 e. The van der Waals surface area contributed by atoms with E-state index in [-0.39, 0.29) is 23.7 Å². The number of aromatic hydroxyl groups is 2. The van der Waals surface area contributed by atoms with Crippen LogP contribution in [-0.2, 0) is 11.3 Å². The van der Waals surface area contributed by atoms with Crippen LogP contribution in [0.5, 0.6) is 11.5 Å². The number of hydrogen-bond donors (Lipinski definition) is 2. The van der Waals surface area contributed by atoms with Crippen LogP contribution in [0.25, 0.3) is 5.69 Å². The molecule has 7 heteroatoms. The van der Waals surface area contributed by atoms with Crippen molar-refractivity contribution in [3.8, 4) is 23.3 Å². The van der Waals surface area contributed by atoms with E-state index in [4.69, 9.17) is 4.74 Å². The first-order valence-electron chi connectivity index (χ1n) is 7.74. The molecule has 2 N–H and O–H groups in total. The summed E-state index contributed by atoms with van der Waals surface area (Å²) in [5, 5.41) is 32.8. The van der Waals surface area contributed by atoms with Crippen LogP contribution in [0.1, 0.15) is 27.3 Å². The van der Waals surface area contributed by atoms with E-state index in [1.54, 1.807) is 11.6 Å². The van der Waals surface area contributed by atoms with Crippen molar-refractivity contribution in [2.45, 2.75) is 13.5 Å². The van der Waals surface area contributed by atoms with Crippen molar-refractivity contribution in [1.82, 2.24) is 9.78 Å². The van der Waals surface area contributed by atoms with Crippen LogP contribution in [0, 0.1) is 18.3 Å². The third-order valence-electron chi connectivity index (χ3n) is 3.81. The van der Waals surface area contributed by atoms with Gasteiger partial charge in [0.15, 0.2) is 0 Å². The number of benzene rings is 2. The number of phenols is 2. The summed E-state index contributed by atoms with van der Waals surface area (Å²) in [5.74, 6) is -1.32. The fraction of sp³-hybridized carbons (Fsp3) is 0.105. The number of rotatable bonds is 4. The Morgan fingerprint density at radius 1 is 1.23 bits per heavy atom. The average Bonchev–Trinajstić information content (AvgIpc) is 2.96. The second kappa shape index (κ2) is 6.99. The van der Waals surface area contributed by atoms with Gasteiger partial charge in [-0.05, 0) is 31.2 Å². The highest BCUT2D eigenvalue weighted by Gasteiger charge is 2.19. The number of esters is 1. The molecular weight excluding hydrogens is 334 g/mol. The van der Waals surface area contributed by atoms with Crippen molar-refractivity contribution in [2.75, 3.05) is 0 Å². The minimum atomic E-state index is -0.773. The van der Waals surface area contributed by atoms with Crippen LogP contribution in [0.3, 0.4) is 0 Å². The molecule has 0 unspecified atom stereocenters. The van der Waals surface area contributed by atoms with Crippen LogP contribution in [-0.4, -0.2) is 26.0 Å². The smallest absolute Gasteiger partial charge is 0.342 e. The summed E-state index contributed by atoms with van der Waals surface area (Å²) >= 11 is 0. The molecule has 26 heavy (non-hydrogen) atoms. The van der Waals surface area contributed by atoms with E-state index in [2.05, 4.69) is 11.2 Å². The first kappa shape index (κ1) is 17.0. The number of para-hydroxylation sites is 1. The zero-order chi connectivity index (χ0) is 18.7.